The van der Waals surface area contributed by atoms with Gasteiger partial charge in [-0.3, -0.25) is 4.79 Å². The van der Waals surface area contributed by atoms with Gasteiger partial charge in [0.05, 0.1) is 13.2 Å². The van der Waals surface area contributed by atoms with Gasteiger partial charge in [-0.15, -0.1) is 0 Å². The molecule has 0 fully saturated rings. The molecule has 0 amide bonds. The lowest BCUT2D eigenvalue weighted by Crippen LogP contribution is -2.02. The third-order valence-electron chi connectivity index (χ3n) is 4.03. The van der Waals surface area contributed by atoms with Crippen LogP contribution in [0.3, 0.4) is 0 Å². The molecule has 4 heteroatoms. The Morgan fingerprint density at radius 2 is 1.65 bits per heavy atom. The molecule has 26 heavy (non-hydrogen) atoms. The normalized spacial score (nSPS) is 10.6. The fourth-order valence-electron chi connectivity index (χ4n) is 2.67. The van der Waals surface area contributed by atoms with Crippen LogP contribution in [0.25, 0.3) is 15.8 Å². The molecule has 0 N–H and O–H groups in total. The van der Waals surface area contributed by atoms with Crippen molar-refractivity contribution in [1.29, 1.82) is 0 Å². The van der Waals surface area contributed by atoms with Crippen molar-refractivity contribution in [1.82, 2.24) is 0 Å². The van der Waals surface area contributed by atoms with E-state index in [2.05, 4.69) is 6.58 Å². The zero-order valence-electron chi connectivity index (χ0n) is 14.6. The molecule has 3 nitrogen and oxygen atoms in total. The molecule has 2 aromatic carbocycles. The molecule has 0 bridgehead atoms. The summed E-state index contributed by atoms with van der Waals surface area (Å²) in [5.41, 5.74) is 1.02. The van der Waals surface area contributed by atoms with E-state index in [0.717, 1.165) is 34.9 Å². The van der Waals surface area contributed by atoms with Crippen LogP contribution in [0.4, 0.5) is 0 Å². The van der Waals surface area contributed by atoms with E-state index in [0.29, 0.717) is 24.7 Å². The Hall–Kier alpha value is -2.59. The maximum atomic E-state index is 11.8. The Morgan fingerprint density at radius 3 is 2.50 bits per heavy atom. The fraction of sp³-hybridized carbons (Fsp3) is 0.227. The van der Waals surface area contributed by atoms with E-state index in [9.17, 15) is 4.79 Å². The van der Waals surface area contributed by atoms with Crippen LogP contribution in [0.5, 0.6) is 5.75 Å². The molecule has 1 heterocycles. The number of ether oxygens (including phenoxy) is 2. The monoisotopic (exact) mass is 366 g/mol. The summed E-state index contributed by atoms with van der Waals surface area (Å²) in [5.74, 6) is 1.39. The van der Waals surface area contributed by atoms with E-state index < -0.39 is 0 Å². The van der Waals surface area contributed by atoms with Crippen LogP contribution >= 0.6 is 11.3 Å². The molecule has 0 saturated carbocycles. The molecule has 134 valence electrons. The second-order valence-corrected chi connectivity index (χ2v) is 7.02. The van der Waals surface area contributed by atoms with Gasteiger partial charge in [-0.25, -0.2) is 0 Å². The average Bonchev–Trinajstić information content (AvgIpc) is 2.67. The van der Waals surface area contributed by atoms with Gasteiger partial charge in [-0.1, -0.05) is 60.4 Å². The summed E-state index contributed by atoms with van der Waals surface area (Å²) in [5, 5.41) is 1.000. The van der Waals surface area contributed by atoms with E-state index in [-0.39, 0.29) is 4.74 Å². The minimum absolute atomic E-state index is 0.0199. The average molecular weight is 366 g/mol. The van der Waals surface area contributed by atoms with Crippen molar-refractivity contribution in [3.05, 3.63) is 82.3 Å². The van der Waals surface area contributed by atoms with Crippen LogP contribution in [-0.2, 0) is 4.74 Å². The van der Waals surface area contributed by atoms with Crippen molar-refractivity contribution >= 4 is 27.2 Å². The van der Waals surface area contributed by atoms with Crippen molar-refractivity contribution < 1.29 is 9.47 Å². The predicted molar refractivity (Wildman–Crippen MR) is 109 cm³/mol. The molecule has 3 aromatic rings. The summed E-state index contributed by atoms with van der Waals surface area (Å²) in [7, 11) is 0. The van der Waals surface area contributed by atoms with E-state index in [1.54, 1.807) is 6.07 Å². The number of hydrogen-bond acceptors (Lipinski definition) is 4. The van der Waals surface area contributed by atoms with Crippen molar-refractivity contribution in [2.75, 3.05) is 13.2 Å². The van der Waals surface area contributed by atoms with Gasteiger partial charge in [-0.05, 0) is 31.4 Å². The quantitative estimate of drug-likeness (QED) is 0.371. The highest BCUT2D eigenvalue weighted by atomic mass is 32.1. The second-order valence-electron chi connectivity index (χ2n) is 5.97. The van der Waals surface area contributed by atoms with E-state index >= 15 is 0 Å². The number of hydrogen-bond donors (Lipinski definition) is 0. The van der Waals surface area contributed by atoms with Crippen LogP contribution in [0.15, 0.2) is 72.0 Å². The molecule has 0 unspecified atom stereocenters. The van der Waals surface area contributed by atoms with E-state index in [1.807, 2.05) is 54.6 Å². The molecule has 3 rings (SSSR count). The first kappa shape index (κ1) is 18.2. The van der Waals surface area contributed by atoms with Gasteiger partial charge in [0.25, 0.3) is 0 Å². The topological polar surface area (TPSA) is 35.5 Å². The summed E-state index contributed by atoms with van der Waals surface area (Å²) in [6.07, 6.45) is 2.86. The van der Waals surface area contributed by atoms with Crippen molar-refractivity contribution in [2.24, 2.45) is 0 Å². The molecule has 0 aliphatic rings. The predicted octanol–water partition coefficient (Wildman–Crippen LogP) is 5.50. The summed E-state index contributed by atoms with van der Waals surface area (Å²) < 4.78 is 12.5. The first-order valence-electron chi connectivity index (χ1n) is 8.77. The molecule has 0 atom stereocenters. The van der Waals surface area contributed by atoms with Crippen molar-refractivity contribution in [2.45, 2.75) is 19.3 Å². The van der Waals surface area contributed by atoms with Crippen LogP contribution in [0.1, 0.15) is 24.8 Å². The lowest BCUT2D eigenvalue weighted by molar-refractivity contribution is 0.256. The zero-order chi connectivity index (χ0) is 18.2. The second kappa shape index (κ2) is 9.20. The van der Waals surface area contributed by atoms with E-state index in [1.165, 1.54) is 11.3 Å². The Labute approximate surface area is 157 Å². The molecular formula is C22H22O3S. The zero-order valence-corrected chi connectivity index (χ0v) is 15.5. The highest BCUT2D eigenvalue weighted by molar-refractivity contribution is 7.16. The van der Waals surface area contributed by atoms with Gasteiger partial charge < -0.3 is 9.47 Å². The molecule has 0 aliphatic carbocycles. The molecule has 0 saturated heterocycles. The first-order valence-corrected chi connectivity index (χ1v) is 9.58. The van der Waals surface area contributed by atoms with Gasteiger partial charge in [0, 0.05) is 21.7 Å². The minimum atomic E-state index is 0.0199. The van der Waals surface area contributed by atoms with Crippen molar-refractivity contribution in [3.8, 4) is 5.75 Å². The number of benzene rings is 2. The molecule has 1 aromatic heterocycles. The molecule has 0 radical (unpaired) electrons. The van der Waals surface area contributed by atoms with Gasteiger partial charge in [0.1, 0.15) is 11.5 Å². The van der Waals surface area contributed by atoms with Crippen LogP contribution in [0, 0.1) is 0 Å². The molecule has 0 aliphatic heterocycles. The lowest BCUT2D eigenvalue weighted by atomic mass is 10.2. The molecular weight excluding hydrogens is 344 g/mol. The maximum Gasteiger partial charge on any atom is 0.236 e. The third kappa shape index (κ3) is 4.96. The van der Waals surface area contributed by atoms with Crippen LogP contribution in [-0.4, -0.2) is 13.2 Å². The first-order chi connectivity index (χ1) is 12.7. The van der Waals surface area contributed by atoms with Gasteiger partial charge >= 0.3 is 0 Å². The largest absolute Gasteiger partial charge is 0.494 e. The minimum Gasteiger partial charge on any atom is -0.494 e. The van der Waals surface area contributed by atoms with Crippen molar-refractivity contribution in [3.63, 3.8) is 0 Å². The maximum absolute atomic E-state index is 11.8. The number of fused-ring (bicyclic) bond motifs is 1. The van der Waals surface area contributed by atoms with Crippen LogP contribution in [0.2, 0.25) is 0 Å². The Morgan fingerprint density at radius 1 is 0.923 bits per heavy atom. The SMILES string of the molecule is C=C(OCCCCCOc1cc(=O)sc2ccccc12)c1ccccc1. The number of unbranched alkanes of at least 4 members (excludes halogenated alkanes) is 2. The number of rotatable bonds is 9. The summed E-state index contributed by atoms with van der Waals surface area (Å²) in [6.45, 7) is 5.20. The van der Waals surface area contributed by atoms with Crippen LogP contribution < -0.4 is 9.48 Å². The lowest BCUT2D eigenvalue weighted by Gasteiger charge is -2.10. The standard InChI is InChI=1S/C22H22O3S/c1-17(18-10-4-2-5-11-18)24-14-8-3-9-15-25-20-16-22(23)26-21-13-7-6-12-19(20)21/h2,4-7,10-13,16H,1,3,8-9,14-15H2. The van der Waals surface area contributed by atoms with Gasteiger partial charge in [0.15, 0.2) is 0 Å². The molecule has 0 spiro atoms. The third-order valence-corrected chi connectivity index (χ3v) is 4.93. The van der Waals surface area contributed by atoms with Gasteiger partial charge in [-0.2, -0.15) is 0 Å². The fourth-order valence-corrected chi connectivity index (χ4v) is 3.47. The summed E-state index contributed by atoms with van der Waals surface area (Å²) >= 11 is 1.25. The summed E-state index contributed by atoms with van der Waals surface area (Å²) in [6, 6.07) is 19.3. The van der Waals surface area contributed by atoms with Gasteiger partial charge in [0.2, 0.25) is 4.74 Å². The highest BCUT2D eigenvalue weighted by Crippen LogP contribution is 2.26. The smallest absolute Gasteiger partial charge is 0.236 e. The Kier molecular flexibility index (Phi) is 6.45. The Bertz CT molecular complexity index is 915. The highest BCUT2D eigenvalue weighted by Gasteiger charge is 2.04. The van der Waals surface area contributed by atoms with E-state index in [4.69, 9.17) is 9.47 Å². The Balaban J connectivity index is 1.39. The summed E-state index contributed by atoms with van der Waals surface area (Å²) in [4.78, 5) is 11.8.